The Labute approximate surface area is 173 Å². The number of hydrogen-bond donors (Lipinski definition) is 2. The quantitative estimate of drug-likeness (QED) is 0.348. The van der Waals surface area contributed by atoms with Crippen molar-refractivity contribution >= 4 is 40.5 Å². The van der Waals surface area contributed by atoms with E-state index in [9.17, 15) is 10.1 Å². The lowest BCUT2D eigenvalue weighted by molar-refractivity contribution is -0.384. The van der Waals surface area contributed by atoms with Gasteiger partial charge in [-0.3, -0.25) is 19.9 Å². The van der Waals surface area contributed by atoms with Crippen molar-refractivity contribution in [2.75, 3.05) is 5.32 Å². The van der Waals surface area contributed by atoms with Gasteiger partial charge in [0.15, 0.2) is 0 Å². The molecule has 0 unspecified atom stereocenters. The van der Waals surface area contributed by atoms with Gasteiger partial charge < -0.3 is 5.32 Å². The summed E-state index contributed by atoms with van der Waals surface area (Å²) >= 11 is 12.3. The number of H-pyrrole nitrogens is 1. The Morgan fingerprint density at radius 1 is 1.14 bits per heavy atom. The maximum atomic E-state index is 10.7. The molecule has 3 heterocycles. The van der Waals surface area contributed by atoms with Gasteiger partial charge in [0.2, 0.25) is 5.95 Å². The second kappa shape index (κ2) is 7.86. The number of rotatable bonds is 6. The molecule has 0 atom stereocenters. The summed E-state index contributed by atoms with van der Waals surface area (Å²) in [5.41, 5.74) is 2.51. The van der Waals surface area contributed by atoms with Crippen LogP contribution in [0, 0.1) is 10.1 Å². The molecule has 0 aliphatic carbocycles. The molecule has 0 spiro atoms. The van der Waals surface area contributed by atoms with Crippen LogP contribution in [0.4, 0.5) is 17.3 Å². The van der Waals surface area contributed by atoms with Crippen LogP contribution in [-0.4, -0.2) is 34.9 Å². The van der Waals surface area contributed by atoms with Crippen molar-refractivity contribution < 1.29 is 4.92 Å². The summed E-state index contributed by atoms with van der Waals surface area (Å²) in [6.45, 7) is 0.455. The van der Waals surface area contributed by atoms with E-state index in [4.69, 9.17) is 23.2 Å². The lowest BCUT2D eigenvalue weighted by Gasteiger charge is -2.06. The molecular formula is C17H12Cl2N8O2. The average Bonchev–Trinajstić information content (AvgIpc) is 3.32. The topological polar surface area (TPSA) is 127 Å². The van der Waals surface area contributed by atoms with Crippen LogP contribution in [0.15, 0.2) is 49.1 Å². The van der Waals surface area contributed by atoms with E-state index in [0.717, 1.165) is 5.56 Å². The molecular weight excluding hydrogens is 419 g/mol. The second-order valence-corrected chi connectivity index (χ2v) is 6.77. The molecule has 0 aliphatic heterocycles. The Hall–Kier alpha value is -3.50. The van der Waals surface area contributed by atoms with Crippen LogP contribution in [0.3, 0.4) is 0 Å². The van der Waals surface area contributed by atoms with Gasteiger partial charge in [-0.25, -0.2) is 9.97 Å². The van der Waals surface area contributed by atoms with Gasteiger partial charge in [0, 0.05) is 18.3 Å². The van der Waals surface area contributed by atoms with Crippen LogP contribution in [0.25, 0.3) is 11.4 Å². The molecule has 146 valence electrons. The van der Waals surface area contributed by atoms with E-state index in [-0.39, 0.29) is 5.69 Å². The lowest BCUT2D eigenvalue weighted by Crippen LogP contribution is -2.01. The molecule has 4 rings (SSSR count). The minimum atomic E-state index is -0.434. The fourth-order valence-corrected chi connectivity index (χ4v) is 2.96. The number of halogens is 2. The molecule has 0 saturated heterocycles. The minimum absolute atomic E-state index is 0.0460. The number of hydrogen-bond acceptors (Lipinski definition) is 7. The molecule has 2 N–H and O–H groups in total. The first-order valence-corrected chi connectivity index (χ1v) is 9.00. The van der Waals surface area contributed by atoms with E-state index in [1.807, 2.05) is 0 Å². The zero-order valence-electron chi connectivity index (χ0n) is 14.6. The molecule has 29 heavy (non-hydrogen) atoms. The van der Waals surface area contributed by atoms with Crippen molar-refractivity contribution in [3.63, 3.8) is 0 Å². The van der Waals surface area contributed by atoms with Crippen LogP contribution >= 0.6 is 23.2 Å². The van der Waals surface area contributed by atoms with E-state index in [1.165, 1.54) is 24.5 Å². The standard InChI is InChI=1S/C17H12Cl2N8O2/c18-13-6-20-17(24-15(13)16-14(19)7-21-25-16)23-11-5-22-26(9-11)8-10-1-3-12(4-2-10)27(28)29/h1-7,9H,8H2,(H,21,25)(H,20,23,24). The molecule has 0 fully saturated rings. The average molecular weight is 431 g/mol. The van der Waals surface area contributed by atoms with E-state index in [0.29, 0.717) is 39.6 Å². The van der Waals surface area contributed by atoms with Crippen LogP contribution in [0.1, 0.15) is 5.56 Å². The highest BCUT2D eigenvalue weighted by Gasteiger charge is 2.14. The number of anilines is 2. The van der Waals surface area contributed by atoms with E-state index in [2.05, 4.69) is 30.6 Å². The van der Waals surface area contributed by atoms with Crippen LogP contribution in [0.5, 0.6) is 0 Å². The zero-order chi connectivity index (χ0) is 20.4. The minimum Gasteiger partial charge on any atom is -0.321 e. The molecule has 0 amide bonds. The number of nitro benzene ring substituents is 1. The highest BCUT2D eigenvalue weighted by molar-refractivity contribution is 6.35. The smallest absolute Gasteiger partial charge is 0.269 e. The number of aromatic amines is 1. The largest absolute Gasteiger partial charge is 0.321 e. The van der Waals surface area contributed by atoms with Gasteiger partial charge in [-0.2, -0.15) is 10.2 Å². The molecule has 4 aromatic rings. The van der Waals surface area contributed by atoms with Gasteiger partial charge in [-0.1, -0.05) is 35.3 Å². The SMILES string of the molecule is O=[N+]([O-])c1ccc(Cn2cc(Nc3ncc(Cl)c(-c4[nH]ncc4Cl)n3)cn2)cc1. The first-order valence-electron chi connectivity index (χ1n) is 8.24. The maximum absolute atomic E-state index is 10.7. The van der Waals surface area contributed by atoms with Gasteiger partial charge in [-0.05, 0) is 5.56 Å². The molecule has 0 radical (unpaired) electrons. The molecule has 12 heteroatoms. The highest BCUT2D eigenvalue weighted by atomic mass is 35.5. The van der Waals surface area contributed by atoms with Gasteiger partial charge in [0.25, 0.3) is 5.69 Å². The lowest BCUT2D eigenvalue weighted by atomic mass is 10.2. The number of nitro groups is 1. The first-order chi connectivity index (χ1) is 14.0. The molecule has 0 saturated carbocycles. The Balaban J connectivity index is 1.49. The highest BCUT2D eigenvalue weighted by Crippen LogP contribution is 2.30. The summed E-state index contributed by atoms with van der Waals surface area (Å²) in [5.74, 6) is 0.310. The maximum Gasteiger partial charge on any atom is 0.269 e. The number of benzene rings is 1. The van der Waals surface area contributed by atoms with Crippen molar-refractivity contribution in [3.05, 3.63) is 74.8 Å². The van der Waals surface area contributed by atoms with Gasteiger partial charge in [0.1, 0.15) is 11.4 Å². The van der Waals surface area contributed by atoms with Crippen LogP contribution < -0.4 is 5.32 Å². The normalized spacial score (nSPS) is 10.8. The van der Waals surface area contributed by atoms with Crippen LogP contribution in [0.2, 0.25) is 10.0 Å². The summed E-state index contributed by atoms with van der Waals surface area (Å²) < 4.78 is 1.69. The fraction of sp³-hybridized carbons (Fsp3) is 0.0588. The summed E-state index contributed by atoms with van der Waals surface area (Å²) in [6, 6.07) is 6.30. The van der Waals surface area contributed by atoms with Crippen LogP contribution in [-0.2, 0) is 6.54 Å². The van der Waals surface area contributed by atoms with E-state index in [1.54, 1.807) is 29.2 Å². The predicted octanol–water partition coefficient (Wildman–Crippen LogP) is 4.07. The second-order valence-electron chi connectivity index (χ2n) is 5.96. The fourth-order valence-electron chi connectivity index (χ4n) is 2.59. The Bertz CT molecular complexity index is 1170. The molecule has 3 aromatic heterocycles. The summed E-state index contributed by atoms with van der Waals surface area (Å²) in [7, 11) is 0. The zero-order valence-corrected chi connectivity index (χ0v) is 16.1. The van der Waals surface area contributed by atoms with Gasteiger partial charge >= 0.3 is 0 Å². The third kappa shape index (κ3) is 4.18. The van der Waals surface area contributed by atoms with E-state index >= 15 is 0 Å². The summed E-state index contributed by atoms with van der Waals surface area (Å²) in [5, 5.41) is 25.4. The Morgan fingerprint density at radius 3 is 2.62 bits per heavy atom. The summed E-state index contributed by atoms with van der Waals surface area (Å²) in [4.78, 5) is 18.8. The molecule has 10 nitrogen and oxygen atoms in total. The van der Waals surface area contributed by atoms with Crippen molar-refractivity contribution in [2.24, 2.45) is 0 Å². The van der Waals surface area contributed by atoms with E-state index < -0.39 is 4.92 Å². The third-order valence-corrected chi connectivity index (χ3v) is 4.52. The van der Waals surface area contributed by atoms with Crippen molar-refractivity contribution in [3.8, 4) is 11.4 Å². The number of aromatic nitrogens is 6. The third-order valence-electron chi connectivity index (χ3n) is 3.96. The monoisotopic (exact) mass is 430 g/mol. The molecule has 0 aliphatic rings. The molecule has 0 bridgehead atoms. The number of nitrogens with one attached hydrogen (secondary N) is 2. The Kier molecular flexibility index (Phi) is 5.10. The molecule has 1 aromatic carbocycles. The van der Waals surface area contributed by atoms with Crippen molar-refractivity contribution in [1.29, 1.82) is 0 Å². The van der Waals surface area contributed by atoms with Crippen molar-refractivity contribution in [2.45, 2.75) is 6.54 Å². The first kappa shape index (κ1) is 18.8. The number of non-ortho nitro benzene ring substituents is 1. The van der Waals surface area contributed by atoms with Gasteiger partial charge in [-0.15, -0.1) is 0 Å². The Morgan fingerprint density at radius 2 is 1.93 bits per heavy atom. The number of nitrogens with zero attached hydrogens (tertiary/aromatic N) is 6. The summed E-state index contributed by atoms with van der Waals surface area (Å²) in [6.07, 6.45) is 6.31. The van der Waals surface area contributed by atoms with Crippen molar-refractivity contribution in [1.82, 2.24) is 29.9 Å². The van der Waals surface area contributed by atoms with Gasteiger partial charge in [0.05, 0.1) is 45.8 Å². The predicted molar refractivity (Wildman–Crippen MR) is 107 cm³/mol.